The second kappa shape index (κ2) is 6.48. The van der Waals surface area contributed by atoms with Crippen LogP contribution in [-0.2, 0) is 11.3 Å². The van der Waals surface area contributed by atoms with Crippen molar-refractivity contribution in [1.82, 2.24) is 5.32 Å². The number of nitriles is 1. The molecule has 3 nitrogen and oxygen atoms in total. The Balaban J connectivity index is 1.82. The molecule has 1 fully saturated rings. The number of hydrogen-bond acceptors (Lipinski definition) is 3. The van der Waals surface area contributed by atoms with Gasteiger partial charge in [0.05, 0.1) is 18.2 Å². The van der Waals surface area contributed by atoms with E-state index >= 15 is 0 Å². The van der Waals surface area contributed by atoms with Crippen LogP contribution < -0.4 is 5.32 Å². The maximum atomic E-state index is 13.2. The molecule has 1 aliphatic rings. The van der Waals surface area contributed by atoms with Gasteiger partial charge in [0, 0.05) is 19.7 Å². The molecule has 1 N–H and O–H groups in total. The molecule has 0 aromatic heterocycles. The molecule has 96 valence electrons. The SMILES string of the molecule is N#Cc1cc(F)cc(CNCC2CCCOC2)c1. The number of ether oxygens (including phenoxy) is 1. The second-order valence-electron chi connectivity index (χ2n) is 4.67. The van der Waals surface area contributed by atoms with Gasteiger partial charge in [-0.05, 0) is 42.5 Å². The molecule has 1 heterocycles. The third kappa shape index (κ3) is 3.80. The van der Waals surface area contributed by atoms with E-state index in [1.165, 1.54) is 18.6 Å². The summed E-state index contributed by atoms with van der Waals surface area (Å²) in [5.41, 5.74) is 1.18. The van der Waals surface area contributed by atoms with Crippen LogP contribution in [0.25, 0.3) is 0 Å². The molecule has 0 aliphatic carbocycles. The van der Waals surface area contributed by atoms with Crippen LogP contribution in [0.1, 0.15) is 24.0 Å². The number of nitrogens with one attached hydrogen (secondary N) is 1. The number of halogens is 1. The normalized spacial score (nSPS) is 19.4. The summed E-state index contributed by atoms with van der Waals surface area (Å²) >= 11 is 0. The van der Waals surface area contributed by atoms with Gasteiger partial charge in [0.15, 0.2) is 0 Å². The lowest BCUT2D eigenvalue weighted by atomic mass is 10.0. The molecule has 1 saturated heterocycles. The first-order chi connectivity index (χ1) is 8.78. The molecule has 0 amide bonds. The van der Waals surface area contributed by atoms with E-state index in [4.69, 9.17) is 10.00 Å². The van der Waals surface area contributed by atoms with Crippen LogP contribution in [0.2, 0.25) is 0 Å². The van der Waals surface area contributed by atoms with Crippen LogP contribution >= 0.6 is 0 Å². The minimum atomic E-state index is -0.355. The van der Waals surface area contributed by atoms with E-state index in [0.29, 0.717) is 18.0 Å². The monoisotopic (exact) mass is 248 g/mol. The van der Waals surface area contributed by atoms with Gasteiger partial charge in [-0.1, -0.05) is 0 Å². The van der Waals surface area contributed by atoms with Crippen LogP contribution in [0.15, 0.2) is 18.2 Å². The number of nitrogens with zero attached hydrogens (tertiary/aromatic N) is 1. The average molecular weight is 248 g/mol. The van der Waals surface area contributed by atoms with Gasteiger partial charge >= 0.3 is 0 Å². The largest absolute Gasteiger partial charge is 0.381 e. The van der Waals surface area contributed by atoms with Crippen molar-refractivity contribution < 1.29 is 9.13 Å². The summed E-state index contributed by atoms with van der Waals surface area (Å²) in [7, 11) is 0. The molecule has 0 spiro atoms. The van der Waals surface area contributed by atoms with E-state index in [9.17, 15) is 4.39 Å². The first-order valence-electron chi connectivity index (χ1n) is 6.26. The van der Waals surface area contributed by atoms with Gasteiger partial charge in [0.2, 0.25) is 0 Å². The average Bonchev–Trinajstić information content (AvgIpc) is 2.39. The lowest BCUT2D eigenvalue weighted by molar-refractivity contribution is 0.0547. The zero-order valence-corrected chi connectivity index (χ0v) is 10.3. The zero-order valence-electron chi connectivity index (χ0n) is 10.3. The first kappa shape index (κ1) is 13.0. The molecule has 0 radical (unpaired) electrons. The van der Waals surface area contributed by atoms with E-state index in [-0.39, 0.29) is 5.82 Å². The van der Waals surface area contributed by atoms with E-state index in [2.05, 4.69) is 5.32 Å². The van der Waals surface area contributed by atoms with Crippen molar-refractivity contribution >= 4 is 0 Å². The van der Waals surface area contributed by atoms with Crippen molar-refractivity contribution in [3.05, 3.63) is 35.1 Å². The van der Waals surface area contributed by atoms with Crippen molar-refractivity contribution in [2.24, 2.45) is 5.92 Å². The smallest absolute Gasteiger partial charge is 0.124 e. The summed E-state index contributed by atoms with van der Waals surface area (Å²) in [6.45, 7) is 3.13. The topological polar surface area (TPSA) is 45.0 Å². The standard InChI is InChI=1S/C14H17FN2O/c15-14-5-12(7-16)4-13(6-14)9-17-8-11-2-1-3-18-10-11/h4-6,11,17H,1-3,8-10H2. The first-order valence-corrected chi connectivity index (χ1v) is 6.26. The molecule has 1 unspecified atom stereocenters. The minimum Gasteiger partial charge on any atom is -0.381 e. The van der Waals surface area contributed by atoms with E-state index < -0.39 is 0 Å². The summed E-state index contributed by atoms with van der Waals surface area (Å²) in [6, 6.07) is 6.39. The summed E-state index contributed by atoms with van der Waals surface area (Å²) in [5, 5.41) is 12.1. The molecular weight excluding hydrogens is 231 g/mol. The Kier molecular flexibility index (Phi) is 4.68. The molecule has 1 aliphatic heterocycles. The molecule has 0 bridgehead atoms. The van der Waals surface area contributed by atoms with Gasteiger partial charge in [0.1, 0.15) is 5.82 Å². The molecule has 2 rings (SSSR count). The summed E-state index contributed by atoms with van der Waals surface area (Å²) in [6.07, 6.45) is 2.30. The highest BCUT2D eigenvalue weighted by atomic mass is 19.1. The van der Waals surface area contributed by atoms with Crippen LogP contribution in [0.5, 0.6) is 0 Å². The minimum absolute atomic E-state index is 0.355. The van der Waals surface area contributed by atoms with Crippen molar-refractivity contribution in [1.29, 1.82) is 5.26 Å². The van der Waals surface area contributed by atoms with Crippen molar-refractivity contribution in [2.45, 2.75) is 19.4 Å². The molecular formula is C14H17FN2O. The van der Waals surface area contributed by atoms with Gasteiger partial charge in [-0.3, -0.25) is 0 Å². The highest BCUT2D eigenvalue weighted by Crippen LogP contribution is 2.13. The van der Waals surface area contributed by atoms with E-state index in [0.717, 1.165) is 31.7 Å². The summed E-state index contributed by atoms with van der Waals surface area (Å²) in [4.78, 5) is 0. The molecule has 18 heavy (non-hydrogen) atoms. The fourth-order valence-corrected chi connectivity index (χ4v) is 2.21. The zero-order chi connectivity index (χ0) is 12.8. The van der Waals surface area contributed by atoms with Gasteiger partial charge in [0.25, 0.3) is 0 Å². The quantitative estimate of drug-likeness (QED) is 0.888. The summed E-state index contributed by atoms with van der Waals surface area (Å²) < 4.78 is 18.6. The second-order valence-corrected chi connectivity index (χ2v) is 4.67. The highest BCUT2D eigenvalue weighted by Gasteiger charge is 2.13. The van der Waals surface area contributed by atoms with Crippen molar-refractivity contribution in [2.75, 3.05) is 19.8 Å². The predicted octanol–water partition coefficient (Wildman–Crippen LogP) is 2.21. The van der Waals surface area contributed by atoms with E-state index in [1.54, 1.807) is 6.07 Å². The number of rotatable bonds is 4. The van der Waals surface area contributed by atoms with Gasteiger partial charge in [-0.2, -0.15) is 5.26 Å². The van der Waals surface area contributed by atoms with Crippen LogP contribution in [0.3, 0.4) is 0 Å². The van der Waals surface area contributed by atoms with Crippen LogP contribution in [0.4, 0.5) is 4.39 Å². The highest BCUT2D eigenvalue weighted by molar-refractivity contribution is 5.33. The Bertz CT molecular complexity index is 436. The maximum Gasteiger partial charge on any atom is 0.124 e. The third-order valence-corrected chi connectivity index (χ3v) is 3.10. The predicted molar refractivity (Wildman–Crippen MR) is 66.4 cm³/mol. The lowest BCUT2D eigenvalue weighted by Crippen LogP contribution is -2.28. The Labute approximate surface area is 107 Å². The van der Waals surface area contributed by atoms with E-state index in [1.807, 2.05) is 6.07 Å². The Morgan fingerprint density at radius 1 is 1.44 bits per heavy atom. The fourth-order valence-electron chi connectivity index (χ4n) is 2.21. The Morgan fingerprint density at radius 3 is 3.06 bits per heavy atom. The Morgan fingerprint density at radius 2 is 2.33 bits per heavy atom. The molecule has 4 heteroatoms. The molecule has 1 aromatic carbocycles. The maximum absolute atomic E-state index is 13.2. The summed E-state index contributed by atoms with van der Waals surface area (Å²) in [5.74, 6) is 0.189. The van der Waals surface area contributed by atoms with Crippen molar-refractivity contribution in [3.63, 3.8) is 0 Å². The third-order valence-electron chi connectivity index (χ3n) is 3.10. The molecule has 0 saturated carbocycles. The number of benzene rings is 1. The Hall–Kier alpha value is -1.44. The van der Waals surface area contributed by atoms with Crippen molar-refractivity contribution in [3.8, 4) is 6.07 Å². The lowest BCUT2D eigenvalue weighted by Gasteiger charge is -2.22. The van der Waals surface area contributed by atoms with Gasteiger partial charge in [-0.15, -0.1) is 0 Å². The van der Waals surface area contributed by atoms with Gasteiger partial charge < -0.3 is 10.1 Å². The molecule has 1 atom stereocenters. The van der Waals surface area contributed by atoms with Gasteiger partial charge in [-0.25, -0.2) is 4.39 Å². The van der Waals surface area contributed by atoms with Crippen LogP contribution in [-0.4, -0.2) is 19.8 Å². The fraction of sp³-hybridized carbons (Fsp3) is 0.500. The number of hydrogen-bond donors (Lipinski definition) is 1. The van der Waals surface area contributed by atoms with Crippen LogP contribution in [0, 0.1) is 23.1 Å². The molecule has 1 aromatic rings.